The lowest BCUT2D eigenvalue weighted by atomic mass is 10.1. The molecule has 0 bridgehead atoms. The molecule has 0 aromatic carbocycles. The van der Waals surface area contributed by atoms with E-state index in [1.54, 1.807) is 0 Å². The van der Waals surface area contributed by atoms with Crippen molar-refractivity contribution in [2.75, 3.05) is 11.5 Å². The SMILES string of the molecule is CC(C)N(P1SCCCS1)C(C)(C)C. The predicted octanol–water partition coefficient (Wildman–Crippen LogP) is 4.59. The van der Waals surface area contributed by atoms with Crippen LogP contribution in [0, 0.1) is 0 Å². The smallest absolute Gasteiger partial charge is 0.0882 e. The van der Waals surface area contributed by atoms with Crippen molar-refractivity contribution in [3.05, 3.63) is 0 Å². The van der Waals surface area contributed by atoms with Crippen LogP contribution in [-0.4, -0.2) is 27.8 Å². The first-order valence-electron chi connectivity index (χ1n) is 5.28. The van der Waals surface area contributed by atoms with Crippen LogP contribution in [0.2, 0.25) is 0 Å². The Morgan fingerprint density at radius 1 is 1.14 bits per heavy atom. The molecule has 1 fully saturated rings. The van der Waals surface area contributed by atoms with Crippen molar-refractivity contribution in [3.8, 4) is 0 Å². The Hall–Kier alpha value is 1.09. The Bertz CT molecular complexity index is 173. The van der Waals surface area contributed by atoms with Gasteiger partial charge in [-0.25, -0.2) is 0 Å². The summed E-state index contributed by atoms with van der Waals surface area (Å²) in [4.78, 5) is 0. The molecule has 0 aromatic heterocycles. The second-order valence-corrected chi connectivity index (χ2v) is 11.4. The van der Waals surface area contributed by atoms with E-state index in [-0.39, 0.29) is 6.48 Å². The highest BCUT2D eigenvalue weighted by Gasteiger charge is 2.33. The van der Waals surface area contributed by atoms with Gasteiger partial charge in [-0.2, -0.15) is 0 Å². The largest absolute Gasteiger partial charge is 0.258 e. The third kappa shape index (κ3) is 3.59. The lowest BCUT2D eigenvalue weighted by Gasteiger charge is -2.44. The van der Waals surface area contributed by atoms with E-state index < -0.39 is 0 Å². The van der Waals surface area contributed by atoms with Gasteiger partial charge in [0, 0.05) is 23.1 Å². The molecule has 1 aliphatic rings. The summed E-state index contributed by atoms with van der Waals surface area (Å²) in [7, 11) is 0. The minimum atomic E-state index is 0.00399. The fraction of sp³-hybridized carbons (Fsp3) is 1.00. The molecule has 14 heavy (non-hydrogen) atoms. The Kier molecular flexibility index (Phi) is 5.10. The summed E-state index contributed by atoms with van der Waals surface area (Å²) >= 11 is 4.36. The molecule has 84 valence electrons. The molecule has 0 amide bonds. The lowest BCUT2D eigenvalue weighted by molar-refractivity contribution is 0.228. The number of hydrogen-bond acceptors (Lipinski definition) is 3. The zero-order valence-electron chi connectivity index (χ0n) is 9.91. The fourth-order valence-corrected chi connectivity index (χ4v) is 11.2. The molecule has 4 heteroatoms. The normalized spacial score (nSPS) is 20.8. The van der Waals surface area contributed by atoms with Crippen LogP contribution in [0.5, 0.6) is 0 Å². The molecule has 0 spiro atoms. The average Bonchev–Trinajstić information content (AvgIpc) is 2.02. The van der Waals surface area contributed by atoms with Crippen molar-refractivity contribution in [1.29, 1.82) is 0 Å². The van der Waals surface area contributed by atoms with Gasteiger partial charge >= 0.3 is 0 Å². The van der Waals surface area contributed by atoms with E-state index in [1.807, 2.05) is 0 Å². The number of hydrogen-bond donors (Lipinski definition) is 0. The molecule has 0 aliphatic carbocycles. The summed E-state index contributed by atoms with van der Waals surface area (Å²) in [6, 6.07) is 0.666. The van der Waals surface area contributed by atoms with Gasteiger partial charge in [-0.05, 0) is 41.0 Å². The molecule has 1 nitrogen and oxygen atoms in total. The van der Waals surface area contributed by atoms with Crippen molar-refractivity contribution in [2.24, 2.45) is 0 Å². The predicted molar refractivity (Wildman–Crippen MR) is 73.2 cm³/mol. The van der Waals surface area contributed by atoms with Crippen molar-refractivity contribution < 1.29 is 0 Å². The Labute approximate surface area is 98.1 Å². The summed E-state index contributed by atoms with van der Waals surface area (Å²) in [5.74, 6) is 2.72. The zero-order chi connectivity index (χ0) is 10.8. The minimum absolute atomic E-state index is 0.00399. The lowest BCUT2D eigenvalue weighted by Crippen LogP contribution is -2.41. The first-order valence-corrected chi connectivity index (χ1v) is 9.75. The van der Waals surface area contributed by atoms with Crippen LogP contribution in [0.3, 0.4) is 0 Å². The van der Waals surface area contributed by atoms with Crippen LogP contribution in [-0.2, 0) is 0 Å². The molecule has 0 saturated carbocycles. The van der Waals surface area contributed by atoms with E-state index in [9.17, 15) is 0 Å². The summed E-state index contributed by atoms with van der Waals surface area (Å²) in [6.07, 6.45) is 1.39. The molecule has 0 aromatic rings. The molecule has 0 unspecified atom stereocenters. The van der Waals surface area contributed by atoms with Crippen LogP contribution >= 0.6 is 29.2 Å². The third-order valence-corrected chi connectivity index (χ3v) is 10.2. The summed E-state index contributed by atoms with van der Waals surface area (Å²) in [5, 5.41) is 0. The summed E-state index contributed by atoms with van der Waals surface area (Å²) in [6.45, 7) is 11.7. The van der Waals surface area contributed by atoms with Gasteiger partial charge in [0.2, 0.25) is 0 Å². The van der Waals surface area contributed by atoms with E-state index in [0.29, 0.717) is 11.6 Å². The molecule has 1 aliphatic heterocycles. The average molecular weight is 251 g/mol. The van der Waals surface area contributed by atoms with Crippen molar-refractivity contribution in [3.63, 3.8) is 0 Å². The van der Waals surface area contributed by atoms with Gasteiger partial charge in [-0.3, -0.25) is 4.67 Å². The maximum absolute atomic E-state index is 2.71. The van der Waals surface area contributed by atoms with Crippen molar-refractivity contribution in [2.45, 2.75) is 52.6 Å². The Morgan fingerprint density at radius 3 is 2.00 bits per heavy atom. The molecule has 1 heterocycles. The van der Waals surface area contributed by atoms with Gasteiger partial charge in [0.05, 0.1) is 6.48 Å². The first-order chi connectivity index (χ1) is 6.43. The van der Waals surface area contributed by atoms with E-state index in [4.69, 9.17) is 0 Å². The highest BCUT2D eigenvalue weighted by atomic mass is 33.1. The monoisotopic (exact) mass is 251 g/mol. The molecule has 1 rings (SSSR count). The maximum atomic E-state index is 2.71. The van der Waals surface area contributed by atoms with Crippen LogP contribution < -0.4 is 0 Å². The highest BCUT2D eigenvalue weighted by Crippen LogP contribution is 2.68. The van der Waals surface area contributed by atoms with Gasteiger partial charge in [0.25, 0.3) is 0 Å². The maximum Gasteiger partial charge on any atom is 0.0882 e. The van der Waals surface area contributed by atoms with Crippen LogP contribution in [0.4, 0.5) is 0 Å². The third-order valence-electron chi connectivity index (χ3n) is 2.04. The highest BCUT2D eigenvalue weighted by molar-refractivity contribution is 8.87. The van der Waals surface area contributed by atoms with Crippen molar-refractivity contribution in [1.82, 2.24) is 4.67 Å². The van der Waals surface area contributed by atoms with E-state index >= 15 is 0 Å². The van der Waals surface area contributed by atoms with E-state index in [2.05, 4.69) is 62.1 Å². The fourth-order valence-electron chi connectivity index (χ4n) is 1.71. The van der Waals surface area contributed by atoms with Crippen LogP contribution in [0.1, 0.15) is 41.0 Å². The van der Waals surface area contributed by atoms with Gasteiger partial charge in [0.1, 0.15) is 0 Å². The molecule has 1 saturated heterocycles. The first kappa shape index (κ1) is 13.2. The standard InChI is InChI=1S/C10H22NPS2/c1-9(2)11(10(3,4)5)12-13-7-6-8-14-12/h9H,6-8H2,1-5H3. The topological polar surface area (TPSA) is 3.24 Å². The van der Waals surface area contributed by atoms with E-state index in [1.165, 1.54) is 17.9 Å². The van der Waals surface area contributed by atoms with Gasteiger partial charge in [-0.1, -0.05) is 0 Å². The zero-order valence-corrected chi connectivity index (χ0v) is 12.4. The molecule has 0 N–H and O–H groups in total. The Balaban J connectivity index is 2.66. The van der Waals surface area contributed by atoms with Gasteiger partial charge in [-0.15, -0.1) is 22.8 Å². The second-order valence-electron chi connectivity index (χ2n) is 4.87. The van der Waals surface area contributed by atoms with E-state index in [0.717, 1.165) is 0 Å². The quantitative estimate of drug-likeness (QED) is 0.661. The molecule has 0 atom stereocenters. The van der Waals surface area contributed by atoms with Crippen molar-refractivity contribution >= 4 is 29.2 Å². The second kappa shape index (κ2) is 5.43. The van der Waals surface area contributed by atoms with Gasteiger partial charge in [0.15, 0.2) is 0 Å². The number of rotatable bonds is 2. The Morgan fingerprint density at radius 2 is 1.64 bits per heavy atom. The molecular weight excluding hydrogens is 229 g/mol. The van der Waals surface area contributed by atoms with Gasteiger partial charge < -0.3 is 0 Å². The summed E-state index contributed by atoms with van der Waals surface area (Å²) < 4.78 is 2.71. The number of nitrogens with zero attached hydrogens (tertiary/aromatic N) is 1. The van der Waals surface area contributed by atoms with Crippen LogP contribution in [0.25, 0.3) is 0 Å². The molecule has 0 radical (unpaired) electrons. The minimum Gasteiger partial charge on any atom is -0.258 e. The molecular formula is C10H22NPS2. The summed E-state index contributed by atoms with van der Waals surface area (Å²) in [5.41, 5.74) is 0.317. The van der Waals surface area contributed by atoms with Crippen LogP contribution in [0.15, 0.2) is 0 Å².